The minimum absolute atomic E-state index is 0.0409. The molecule has 0 aliphatic carbocycles. The monoisotopic (exact) mass is 1220 g/mol. The number of carbonyl (C=O) groups is 4. The second-order valence-electron chi connectivity index (χ2n) is 23.8. The molecule has 1 aliphatic rings. The lowest BCUT2D eigenvalue weighted by atomic mass is 9.98. The van der Waals surface area contributed by atoms with Crippen molar-refractivity contribution in [1.82, 2.24) is 0 Å². The molecule has 12 heteroatoms. The maximum absolute atomic E-state index is 13.3. The van der Waals surface area contributed by atoms with Gasteiger partial charge in [0.05, 0.1) is 6.61 Å². The predicted octanol–water partition coefficient (Wildman–Crippen LogP) is 19.6. The number of hydrogen-bond acceptors (Lipinski definition) is 11. The lowest BCUT2D eigenvalue weighted by molar-refractivity contribution is -0.301. The SMILES string of the molecule is CCCCC/C=C\C/C=C\C/C=C\CCCCCCCCC(=O)OCC(COC1OC(C(=O)O)C(O)C(O)C1OC(=O)CCCCCCCC/C=C\C/C=C\C/C=C\CCCCC)OC(=O)CCCCCCCCCCC/C=C\C/C=C\CCCCC. The van der Waals surface area contributed by atoms with Crippen LogP contribution in [0.15, 0.2) is 97.2 Å². The van der Waals surface area contributed by atoms with Crippen molar-refractivity contribution in [3.8, 4) is 0 Å². The molecule has 87 heavy (non-hydrogen) atoms. The van der Waals surface area contributed by atoms with Crippen molar-refractivity contribution in [2.75, 3.05) is 13.2 Å². The van der Waals surface area contributed by atoms with Crippen molar-refractivity contribution in [3.63, 3.8) is 0 Å². The molecule has 3 N–H and O–H groups in total. The quantitative estimate of drug-likeness (QED) is 0.0228. The van der Waals surface area contributed by atoms with Gasteiger partial charge in [0.15, 0.2) is 24.6 Å². The number of carbonyl (C=O) groups excluding carboxylic acids is 3. The number of esters is 3. The molecule has 0 saturated carbocycles. The molecular formula is C75H126O12. The molecule has 1 heterocycles. The van der Waals surface area contributed by atoms with Crippen molar-refractivity contribution < 1.29 is 58.2 Å². The van der Waals surface area contributed by atoms with Gasteiger partial charge in [-0.2, -0.15) is 0 Å². The van der Waals surface area contributed by atoms with Crippen LogP contribution >= 0.6 is 0 Å². The Morgan fingerprint density at radius 1 is 0.379 bits per heavy atom. The third kappa shape index (κ3) is 51.1. The highest BCUT2D eigenvalue weighted by Gasteiger charge is 2.50. The van der Waals surface area contributed by atoms with E-state index in [0.717, 1.165) is 141 Å². The van der Waals surface area contributed by atoms with Crippen molar-refractivity contribution in [1.29, 1.82) is 0 Å². The molecule has 0 spiro atoms. The summed E-state index contributed by atoms with van der Waals surface area (Å²) in [4.78, 5) is 51.5. The van der Waals surface area contributed by atoms with E-state index in [1.54, 1.807) is 0 Å². The molecule has 0 amide bonds. The molecule has 1 aliphatic heterocycles. The zero-order chi connectivity index (χ0) is 63.1. The van der Waals surface area contributed by atoms with Crippen LogP contribution in [0.3, 0.4) is 0 Å². The van der Waals surface area contributed by atoms with E-state index in [1.807, 2.05) is 0 Å². The summed E-state index contributed by atoms with van der Waals surface area (Å²) in [6.07, 6.45) is 70.6. The summed E-state index contributed by atoms with van der Waals surface area (Å²) in [6, 6.07) is 0. The van der Waals surface area contributed by atoms with Gasteiger partial charge in [0.1, 0.15) is 18.8 Å². The van der Waals surface area contributed by atoms with Gasteiger partial charge in [-0.25, -0.2) is 4.79 Å². The number of allylic oxidation sites excluding steroid dienone is 16. The summed E-state index contributed by atoms with van der Waals surface area (Å²) in [5.74, 6) is -3.15. The van der Waals surface area contributed by atoms with Gasteiger partial charge in [-0.1, -0.05) is 253 Å². The minimum Gasteiger partial charge on any atom is -0.479 e. The average molecular weight is 1220 g/mol. The molecule has 1 saturated heterocycles. The molecule has 6 unspecified atom stereocenters. The summed E-state index contributed by atoms with van der Waals surface area (Å²) in [7, 11) is 0. The molecule has 0 radical (unpaired) electrons. The van der Waals surface area contributed by atoms with Gasteiger partial charge in [0.2, 0.25) is 0 Å². The third-order valence-electron chi connectivity index (χ3n) is 15.6. The zero-order valence-corrected chi connectivity index (χ0v) is 55.2. The number of carboxylic acid groups (broad SMARTS) is 1. The molecular weight excluding hydrogens is 1090 g/mol. The number of aliphatic carboxylic acids is 1. The largest absolute Gasteiger partial charge is 0.479 e. The Hall–Kier alpha value is -4.36. The maximum Gasteiger partial charge on any atom is 0.335 e. The topological polar surface area (TPSA) is 175 Å². The fourth-order valence-electron chi connectivity index (χ4n) is 10.2. The Morgan fingerprint density at radius 2 is 0.690 bits per heavy atom. The van der Waals surface area contributed by atoms with E-state index in [2.05, 4.69) is 118 Å². The Bertz CT molecular complexity index is 1880. The number of aliphatic hydroxyl groups excluding tert-OH is 2. The Kier molecular flexibility index (Phi) is 57.3. The van der Waals surface area contributed by atoms with E-state index in [9.17, 15) is 34.5 Å². The average Bonchev–Trinajstić information content (AvgIpc) is 2.56. The van der Waals surface area contributed by atoms with Crippen LogP contribution in [-0.2, 0) is 42.9 Å². The molecule has 1 rings (SSSR count). The summed E-state index contributed by atoms with van der Waals surface area (Å²) in [6.45, 7) is 5.94. The highest BCUT2D eigenvalue weighted by atomic mass is 16.7. The Balaban J connectivity index is 2.66. The smallest absolute Gasteiger partial charge is 0.335 e. The van der Waals surface area contributed by atoms with Gasteiger partial charge in [0, 0.05) is 19.3 Å². The van der Waals surface area contributed by atoms with Crippen LogP contribution in [0.5, 0.6) is 0 Å². The Morgan fingerprint density at radius 3 is 1.05 bits per heavy atom. The van der Waals surface area contributed by atoms with Gasteiger partial charge in [-0.15, -0.1) is 0 Å². The first-order valence-corrected chi connectivity index (χ1v) is 35.2. The molecule has 0 aromatic rings. The molecule has 6 atom stereocenters. The number of unbranched alkanes of at least 4 members (excludes halogenated alkanes) is 30. The van der Waals surface area contributed by atoms with E-state index in [4.69, 9.17) is 23.7 Å². The second kappa shape index (κ2) is 61.9. The summed E-state index contributed by atoms with van der Waals surface area (Å²) < 4.78 is 28.6. The second-order valence-corrected chi connectivity index (χ2v) is 23.8. The number of rotatable bonds is 60. The molecule has 498 valence electrons. The number of aliphatic hydroxyl groups is 2. The normalized spacial score (nSPS) is 17.9. The van der Waals surface area contributed by atoms with Gasteiger partial charge in [0.25, 0.3) is 0 Å². The van der Waals surface area contributed by atoms with E-state index >= 15 is 0 Å². The van der Waals surface area contributed by atoms with Crippen LogP contribution in [0, 0.1) is 0 Å². The molecule has 0 aromatic heterocycles. The summed E-state index contributed by atoms with van der Waals surface area (Å²) in [5, 5.41) is 31.7. The maximum atomic E-state index is 13.3. The molecule has 0 aromatic carbocycles. The zero-order valence-electron chi connectivity index (χ0n) is 55.2. The Labute approximate surface area is 530 Å². The highest BCUT2D eigenvalue weighted by Crippen LogP contribution is 2.27. The van der Waals surface area contributed by atoms with Crippen LogP contribution in [0.2, 0.25) is 0 Å². The fraction of sp³-hybridized carbons (Fsp3) is 0.733. The van der Waals surface area contributed by atoms with Gasteiger partial charge in [-0.3, -0.25) is 14.4 Å². The molecule has 12 nitrogen and oxygen atoms in total. The van der Waals surface area contributed by atoms with Crippen LogP contribution < -0.4 is 0 Å². The van der Waals surface area contributed by atoms with Crippen LogP contribution in [-0.4, -0.2) is 89.2 Å². The van der Waals surface area contributed by atoms with E-state index in [1.165, 1.54) is 103 Å². The summed E-state index contributed by atoms with van der Waals surface area (Å²) in [5.41, 5.74) is 0. The van der Waals surface area contributed by atoms with Gasteiger partial charge < -0.3 is 39.0 Å². The van der Waals surface area contributed by atoms with Crippen LogP contribution in [0.1, 0.15) is 303 Å². The fourth-order valence-corrected chi connectivity index (χ4v) is 10.2. The lowest BCUT2D eigenvalue weighted by Crippen LogP contribution is -2.61. The lowest BCUT2D eigenvalue weighted by Gasteiger charge is -2.40. The standard InChI is InChI=1S/C75H126O12/c1-4-7-10-13-16-19-22-25-28-31-34-37-40-43-46-49-52-55-58-61-67(76)83-64-66(85-68(77)62-59-56-53-50-47-44-41-38-35-32-29-26-23-20-17-14-11-8-5-2)65-84-75-73(71(80)70(79)72(87-75)74(81)82)86-69(78)63-60-57-54-51-48-45-42-39-36-33-30-27-24-21-18-15-12-9-6-3/h16-21,25-30,34,36-37,39,66,70-73,75,79-80H,4-15,22-24,31-33,35,38,40-65H2,1-3H3,(H,81,82)/b19-16-,20-17-,21-18-,28-25-,29-26-,30-27-,37-34-,39-36-. The predicted molar refractivity (Wildman–Crippen MR) is 358 cm³/mol. The number of carboxylic acids is 1. The first kappa shape index (κ1) is 80.7. The van der Waals surface area contributed by atoms with Crippen molar-refractivity contribution >= 4 is 23.9 Å². The summed E-state index contributed by atoms with van der Waals surface area (Å²) >= 11 is 0. The van der Waals surface area contributed by atoms with Crippen LogP contribution in [0.25, 0.3) is 0 Å². The van der Waals surface area contributed by atoms with Crippen molar-refractivity contribution in [2.24, 2.45) is 0 Å². The first-order valence-electron chi connectivity index (χ1n) is 35.2. The van der Waals surface area contributed by atoms with E-state index in [-0.39, 0.29) is 25.9 Å². The van der Waals surface area contributed by atoms with Crippen molar-refractivity contribution in [3.05, 3.63) is 97.2 Å². The number of hydrogen-bond donors (Lipinski definition) is 3. The highest BCUT2D eigenvalue weighted by molar-refractivity contribution is 5.74. The molecule has 0 bridgehead atoms. The molecule has 1 fully saturated rings. The van der Waals surface area contributed by atoms with E-state index in [0.29, 0.717) is 19.3 Å². The van der Waals surface area contributed by atoms with Gasteiger partial charge >= 0.3 is 23.9 Å². The van der Waals surface area contributed by atoms with Crippen molar-refractivity contribution in [2.45, 2.75) is 340 Å². The van der Waals surface area contributed by atoms with Gasteiger partial charge in [-0.05, 0) is 128 Å². The number of ether oxygens (including phenoxy) is 5. The van der Waals surface area contributed by atoms with Crippen LogP contribution in [0.4, 0.5) is 0 Å². The third-order valence-corrected chi connectivity index (χ3v) is 15.6. The van der Waals surface area contributed by atoms with E-state index < -0.39 is 67.3 Å². The minimum atomic E-state index is -1.92. The first-order chi connectivity index (χ1) is 42.6.